The Hall–Kier alpha value is -4.20. The number of H-pyrrole nitrogens is 1. The number of aromatic nitrogens is 4. The molecule has 34 heavy (non-hydrogen) atoms. The van der Waals surface area contributed by atoms with E-state index in [0.29, 0.717) is 22.2 Å². The van der Waals surface area contributed by atoms with Crippen molar-refractivity contribution in [2.45, 2.75) is 38.1 Å². The molecule has 170 valence electrons. The first-order valence-electron chi connectivity index (χ1n) is 11.7. The number of fused-ring (bicyclic) bond motifs is 3. The van der Waals surface area contributed by atoms with Crippen molar-refractivity contribution < 1.29 is 4.79 Å². The Labute approximate surface area is 195 Å². The molecule has 8 nitrogen and oxygen atoms in total. The third-order valence-corrected chi connectivity index (χ3v) is 6.57. The van der Waals surface area contributed by atoms with Gasteiger partial charge in [0.15, 0.2) is 5.65 Å². The molecule has 3 aromatic heterocycles. The molecule has 0 atom stereocenters. The van der Waals surface area contributed by atoms with E-state index in [1.807, 2.05) is 54.7 Å². The van der Waals surface area contributed by atoms with Crippen LogP contribution in [0.4, 0.5) is 5.82 Å². The van der Waals surface area contributed by atoms with Gasteiger partial charge in [0.2, 0.25) is 0 Å². The Morgan fingerprint density at radius 1 is 1.06 bits per heavy atom. The van der Waals surface area contributed by atoms with E-state index in [4.69, 9.17) is 15.7 Å². The monoisotopic (exact) mass is 451 g/mol. The number of para-hydroxylation sites is 3. The molecule has 0 radical (unpaired) electrons. The minimum atomic E-state index is -0.222. The standard InChI is InChI=1S/C26H25N7O/c27-24-22(26(34)30-17-8-2-1-3-9-17)23-25(32-21-13-7-6-12-20(21)31-23)33(24)29-15-16-14-28-19-11-5-4-10-18(16)19/h4-7,10-15,17,28H,1-3,8-9,27H2,(H,30,34)/b29-15-. The van der Waals surface area contributed by atoms with Crippen LogP contribution in [0.15, 0.2) is 59.8 Å². The molecule has 0 aliphatic heterocycles. The minimum Gasteiger partial charge on any atom is -0.383 e. The normalized spacial score (nSPS) is 15.1. The molecule has 5 aromatic rings. The number of benzene rings is 2. The third-order valence-electron chi connectivity index (χ3n) is 6.57. The lowest BCUT2D eigenvalue weighted by atomic mass is 9.95. The quantitative estimate of drug-likeness (QED) is 0.347. The molecule has 3 heterocycles. The van der Waals surface area contributed by atoms with Crippen molar-refractivity contribution in [3.8, 4) is 0 Å². The van der Waals surface area contributed by atoms with Crippen LogP contribution in [0.1, 0.15) is 48.0 Å². The zero-order valence-electron chi connectivity index (χ0n) is 18.7. The maximum absolute atomic E-state index is 13.4. The number of carbonyl (C=O) groups is 1. The van der Waals surface area contributed by atoms with Gasteiger partial charge >= 0.3 is 0 Å². The number of nitrogens with two attached hydrogens (primary N) is 1. The highest BCUT2D eigenvalue weighted by molar-refractivity contribution is 6.11. The number of nitrogens with zero attached hydrogens (tertiary/aromatic N) is 4. The molecule has 0 spiro atoms. The van der Waals surface area contributed by atoms with Crippen LogP contribution < -0.4 is 11.1 Å². The molecular weight excluding hydrogens is 426 g/mol. The predicted octanol–water partition coefficient (Wildman–Crippen LogP) is 4.59. The summed E-state index contributed by atoms with van der Waals surface area (Å²) in [4.78, 5) is 26.2. The first-order valence-corrected chi connectivity index (χ1v) is 11.7. The second kappa shape index (κ2) is 8.30. The van der Waals surface area contributed by atoms with Crippen LogP contribution in [0.5, 0.6) is 0 Å². The van der Waals surface area contributed by atoms with Gasteiger partial charge in [0, 0.05) is 28.7 Å². The van der Waals surface area contributed by atoms with Gasteiger partial charge in [0.25, 0.3) is 5.91 Å². The second-order valence-electron chi connectivity index (χ2n) is 8.80. The summed E-state index contributed by atoms with van der Waals surface area (Å²) in [5.41, 5.74) is 11.1. The van der Waals surface area contributed by atoms with Crippen molar-refractivity contribution in [3.05, 3.63) is 65.9 Å². The Kier molecular flexibility index (Phi) is 4.98. The van der Waals surface area contributed by atoms with Gasteiger partial charge in [-0.15, -0.1) is 0 Å². The molecule has 6 rings (SSSR count). The highest BCUT2D eigenvalue weighted by Crippen LogP contribution is 2.29. The van der Waals surface area contributed by atoms with Gasteiger partial charge in [0.1, 0.15) is 16.9 Å². The molecule has 1 fully saturated rings. The van der Waals surface area contributed by atoms with Crippen molar-refractivity contribution in [1.82, 2.24) is 24.9 Å². The first-order chi connectivity index (χ1) is 16.7. The van der Waals surface area contributed by atoms with E-state index >= 15 is 0 Å². The molecule has 8 heteroatoms. The fraction of sp³-hybridized carbons (Fsp3) is 0.231. The zero-order chi connectivity index (χ0) is 23.1. The van der Waals surface area contributed by atoms with E-state index in [1.54, 1.807) is 6.21 Å². The van der Waals surface area contributed by atoms with Gasteiger partial charge in [-0.25, -0.2) is 9.97 Å². The molecule has 1 aliphatic rings. The number of amides is 1. The molecule has 1 aliphatic carbocycles. The summed E-state index contributed by atoms with van der Waals surface area (Å²) in [6, 6.07) is 15.7. The summed E-state index contributed by atoms with van der Waals surface area (Å²) in [5.74, 6) is 0.00901. The van der Waals surface area contributed by atoms with E-state index in [0.717, 1.165) is 47.7 Å². The summed E-state index contributed by atoms with van der Waals surface area (Å²) in [6.07, 6.45) is 9.06. The van der Waals surface area contributed by atoms with Crippen molar-refractivity contribution in [1.29, 1.82) is 0 Å². The summed E-state index contributed by atoms with van der Waals surface area (Å²) in [5, 5.41) is 8.86. The summed E-state index contributed by atoms with van der Waals surface area (Å²) < 4.78 is 1.52. The summed E-state index contributed by atoms with van der Waals surface area (Å²) in [7, 11) is 0. The number of aromatic amines is 1. The Morgan fingerprint density at radius 2 is 1.79 bits per heavy atom. The van der Waals surface area contributed by atoms with E-state index < -0.39 is 0 Å². The van der Waals surface area contributed by atoms with Gasteiger partial charge < -0.3 is 16.0 Å². The summed E-state index contributed by atoms with van der Waals surface area (Å²) in [6.45, 7) is 0. The third kappa shape index (κ3) is 3.48. The average Bonchev–Trinajstić information content (AvgIpc) is 3.39. The maximum Gasteiger partial charge on any atom is 0.257 e. The first kappa shape index (κ1) is 20.4. The van der Waals surface area contributed by atoms with Gasteiger partial charge in [-0.3, -0.25) is 4.79 Å². The van der Waals surface area contributed by atoms with Gasteiger partial charge in [-0.2, -0.15) is 9.78 Å². The largest absolute Gasteiger partial charge is 0.383 e. The predicted molar refractivity (Wildman–Crippen MR) is 135 cm³/mol. The van der Waals surface area contributed by atoms with Crippen molar-refractivity contribution >= 4 is 51.0 Å². The number of nitrogens with one attached hydrogen (secondary N) is 2. The number of nitrogen functional groups attached to an aromatic ring is 1. The van der Waals surface area contributed by atoms with Crippen LogP contribution in [-0.4, -0.2) is 37.8 Å². The number of rotatable bonds is 4. The lowest BCUT2D eigenvalue weighted by molar-refractivity contribution is 0.0930. The minimum absolute atomic E-state index is 0.155. The van der Waals surface area contributed by atoms with Crippen molar-refractivity contribution in [2.75, 3.05) is 5.73 Å². The number of anilines is 1. The number of hydrogen-bond acceptors (Lipinski definition) is 5. The Balaban J connectivity index is 1.48. The number of carbonyl (C=O) groups excluding carboxylic acids is 1. The lowest BCUT2D eigenvalue weighted by Crippen LogP contribution is -2.36. The Morgan fingerprint density at radius 3 is 2.62 bits per heavy atom. The zero-order valence-corrected chi connectivity index (χ0v) is 18.7. The number of hydrogen-bond donors (Lipinski definition) is 3. The van der Waals surface area contributed by atoms with Crippen LogP contribution in [-0.2, 0) is 0 Å². The molecule has 0 bridgehead atoms. The van der Waals surface area contributed by atoms with Gasteiger partial charge in [-0.1, -0.05) is 49.6 Å². The van der Waals surface area contributed by atoms with E-state index in [2.05, 4.69) is 15.4 Å². The molecule has 1 saturated carbocycles. The fourth-order valence-corrected chi connectivity index (χ4v) is 4.81. The smallest absolute Gasteiger partial charge is 0.257 e. The van der Waals surface area contributed by atoms with Gasteiger partial charge in [-0.05, 0) is 31.0 Å². The van der Waals surface area contributed by atoms with Crippen molar-refractivity contribution in [3.63, 3.8) is 0 Å². The van der Waals surface area contributed by atoms with Crippen LogP contribution in [0.3, 0.4) is 0 Å². The molecule has 2 aromatic carbocycles. The van der Waals surface area contributed by atoms with Gasteiger partial charge in [0.05, 0.1) is 17.2 Å². The SMILES string of the molecule is Nc1c(C(=O)NC2CCCCC2)c2nc3ccccc3nc2n1/N=C\c1c[nH]c2ccccc12. The molecule has 4 N–H and O–H groups in total. The Bertz CT molecular complexity index is 1560. The average molecular weight is 452 g/mol. The van der Waals surface area contributed by atoms with Crippen LogP contribution in [0, 0.1) is 0 Å². The molecule has 0 saturated heterocycles. The highest BCUT2D eigenvalue weighted by Gasteiger charge is 2.26. The van der Waals surface area contributed by atoms with Crippen molar-refractivity contribution in [2.24, 2.45) is 5.10 Å². The van der Waals surface area contributed by atoms with E-state index in [1.165, 1.54) is 11.1 Å². The second-order valence-corrected chi connectivity index (χ2v) is 8.80. The lowest BCUT2D eigenvalue weighted by Gasteiger charge is -2.22. The van der Waals surface area contributed by atoms with Crippen LogP contribution in [0.25, 0.3) is 33.1 Å². The van der Waals surface area contributed by atoms with Crippen LogP contribution >= 0.6 is 0 Å². The fourth-order valence-electron chi connectivity index (χ4n) is 4.81. The maximum atomic E-state index is 13.4. The molecular formula is C26H25N7O. The highest BCUT2D eigenvalue weighted by atomic mass is 16.1. The summed E-state index contributed by atoms with van der Waals surface area (Å²) >= 11 is 0. The molecule has 0 unspecified atom stereocenters. The van der Waals surface area contributed by atoms with E-state index in [-0.39, 0.29) is 17.8 Å². The topological polar surface area (TPSA) is 114 Å². The molecule has 1 amide bonds. The van der Waals surface area contributed by atoms with E-state index in [9.17, 15) is 4.79 Å². The van der Waals surface area contributed by atoms with Crippen LogP contribution in [0.2, 0.25) is 0 Å².